The molecule has 0 amide bonds. The van der Waals surface area contributed by atoms with Crippen LogP contribution in [0.5, 0.6) is 5.88 Å². The molecule has 0 aliphatic heterocycles. The van der Waals surface area contributed by atoms with Gasteiger partial charge in [0.25, 0.3) is 0 Å². The summed E-state index contributed by atoms with van der Waals surface area (Å²) in [6, 6.07) is 3.66. The van der Waals surface area contributed by atoms with Crippen molar-refractivity contribution in [2.75, 3.05) is 19.5 Å². The van der Waals surface area contributed by atoms with Gasteiger partial charge in [-0.1, -0.05) is 19.3 Å². The standard InChI is InChI=1S/C15H22N4O2/c1-20-13-8-7-12-14(18-13)19(15(16)17-12)9-10-21-11-5-3-2-4-6-11/h7-8,11H,2-6,9-10H2,1H3,(H2,16,17). The average Bonchev–Trinajstić information content (AvgIpc) is 2.83. The first kappa shape index (κ1) is 14.1. The molecule has 6 heteroatoms. The second-order valence-electron chi connectivity index (χ2n) is 5.45. The van der Waals surface area contributed by atoms with E-state index in [-0.39, 0.29) is 0 Å². The van der Waals surface area contributed by atoms with Crippen molar-refractivity contribution in [1.29, 1.82) is 0 Å². The van der Waals surface area contributed by atoms with Crippen LogP contribution in [0.1, 0.15) is 32.1 Å². The fourth-order valence-corrected chi connectivity index (χ4v) is 2.88. The van der Waals surface area contributed by atoms with E-state index in [4.69, 9.17) is 15.2 Å². The molecular formula is C15H22N4O2. The Balaban J connectivity index is 1.69. The van der Waals surface area contributed by atoms with E-state index in [0.29, 0.717) is 31.1 Å². The number of fused-ring (bicyclic) bond motifs is 1. The molecule has 2 heterocycles. The van der Waals surface area contributed by atoms with Crippen LogP contribution in [0.3, 0.4) is 0 Å². The quantitative estimate of drug-likeness (QED) is 0.915. The Morgan fingerprint density at radius 2 is 2.05 bits per heavy atom. The number of nitrogens with two attached hydrogens (primary N) is 1. The molecule has 2 N–H and O–H groups in total. The summed E-state index contributed by atoms with van der Waals surface area (Å²) in [5.74, 6) is 1.04. The number of hydrogen-bond donors (Lipinski definition) is 1. The van der Waals surface area contributed by atoms with Crippen molar-refractivity contribution in [2.45, 2.75) is 44.8 Å². The zero-order chi connectivity index (χ0) is 14.7. The van der Waals surface area contributed by atoms with Crippen molar-refractivity contribution < 1.29 is 9.47 Å². The van der Waals surface area contributed by atoms with E-state index >= 15 is 0 Å². The van der Waals surface area contributed by atoms with Crippen LogP contribution in [0.2, 0.25) is 0 Å². The van der Waals surface area contributed by atoms with Gasteiger partial charge in [-0.2, -0.15) is 4.98 Å². The van der Waals surface area contributed by atoms with E-state index in [9.17, 15) is 0 Å². The molecule has 0 saturated heterocycles. The lowest BCUT2D eigenvalue weighted by Gasteiger charge is -2.22. The number of hydrogen-bond acceptors (Lipinski definition) is 5. The molecule has 21 heavy (non-hydrogen) atoms. The van der Waals surface area contributed by atoms with Crippen LogP contribution in [0.15, 0.2) is 12.1 Å². The summed E-state index contributed by atoms with van der Waals surface area (Å²) in [7, 11) is 1.60. The smallest absolute Gasteiger partial charge is 0.215 e. The maximum Gasteiger partial charge on any atom is 0.215 e. The van der Waals surface area contributed by atoms with Gasteiger partial charge >= 0.3 is 0 Å². The van der Waals surface area contributed by atoms with Gasteiger partial charge in [0.1, 0.15) is 5.52 Å². The minimum Gasteiger partial charge on any atom is -0.481 e. The lowest BCUT2D eigenvalue weighted by Crippen LogP contribution is -2.19. The van der Waals surface area contributed by atoms with Gasteiger partial charge in [-0.25, -0.2) is 4.98 Å². The highest BCUT2D eigenvalue weighted by Gasteiger charge is 2.15. The molecule has 0 unspecified atom stereocenters. The second kappa shape index (κ2) is 6.30. The van der Waals surface area contributed by atoms with Gasteiger partial charge in [-0.3, -0.25) is 4.57 Å². The van der Waals surface area contributed by atoms with E-state index in [0.717, 1.165) is 11.2 Å². The molecule has 3 rings (SSSR count). The van der Waals surface area contributed by atoms with Crippen LogP contribution in [-0.2, 0) is 11.3 Å². The predicted molar refractivity (Wildman–Crippen MR) is 81.3 cm³/mol. The molecule has 1 aliphatic rings. The number of aromatic nitrogens is 3. The zero-order valence-electron chi connectivity index (χ0n) is 12.4. The molecule has 1 aliphatic carbocycles. The van der Waals surface area contributed by atoms with E-state index in [1.807, 2.05) is 10.6 Å². The highest BCUT2D eigenvalue weighted by molar-refractivity contribution is 5.74. The molecule has 2 aromatic heterocycles. The summed E-state index contributed by atoms with van der Waals surface area (Å²) >= 11 is 0. The van der Waals surface area contributed by atoms with Gasteiger partial charge < -0.3 is 15.2 Å². The summed E-state index contributed by atoms with van der Waals surface area (Å²) in [5, 5.41) is 0. The minimum atomic E-state index is 0.400. The minimum absolute atomic E-state index is 0.400. The Hall–Kier alpha value is -1.82. The van der Waals surface area contributed by atoms with Crippen LogP contribution < -0.4 is 10.5 Å². The van der Waals surface area contributed by atoms with Crippen molar-refractivity contribution in [1.82, 2.24) is 14.5 Å². The maximum absolute atomic E-state index is 5.98. The summed E-state index contributed by atoms with van der Waals surface area (Å²) in [6.07, 6.45) is 6.64. The number of ether oxygens (including phenoxy) is 2. The molecule has 1 fully saturated rings. The van der Waals surface area contributed by atoms with E-state index < -0.39 is 0 Å². The van der Waals surface area contributed by atoms with Crippen molar-refractivity contribution in [3.63, 3.8) is 0 Å². The molecule has 0 spiro atoms. The third-order valence-electron chi connectivity index (χ3n) is 4.03. The first-order chi connectivity index (χ1) is 10.3. The highest BCUT2D eigenvalue weighted by Crippen LogP contribution is 2.22. The van der Waals surface area contributed by atoms with Crippen LogP contribution in [0.25, 0.3) is 11.2 Å². The molecule has 1 saturated carbocycles. The van der Waals surface area contributed by atoms with Gasteiger partial charge in [0.2, 0.25) is 11.8 Å². The monoisotopic (exact) mass is 290 g/mol. The van der Waals surface area contributed by atoms with Gasteiger partial charge in [0.15, 0.2) is 5.65 Å². The Morgan fingerprint density at radius 3 is 2.81 bits per heavy atom. The molecule has 0 atom stereocenters. The van der Waals surface area contributed by atoms with E-state index in [1.54, 1.807) is 13.2 Å². The highest BCUT2D eigenvalue weighted by atomic mass is 16.5. The summed E-state index contributed by atoms with van der Waals surface area (Å²) in [5.41, 5.74) is 7.51. The lowest BCUT2D eigenvalue weighted by atomic mass is 9.98. The average molecular weight is 290 g/mol. The van der Waals surface area contributed by atoms with Crippen LogP contribution in [-0.4, -0.2) is 34.4 Å². The first-order valence-electron chi connectivity index (χ1n) is 7.56. The van der Waals surface area contributed by atoms with Crippen LogP contribution >= 0.6 is 0 Å². The summed E-state index contributed by atoms with van der Waals surface area (Å²) < 4.78 is 13.0. The largest absolute Gasteiger partial charge is 0.481 e. The number of anilines is 1. The van der Waals surface area contributed by atoms with E-state index in [1.165, 1.54) is 32.1 Å². The summed E-state index contributed by atoms with van der Waals surface area (Å²) in [6.45, 7) is 1.30. The first-order valence-corrected chi connectivity index (χ1v) is 7.56. The maximum atomic E-state index is 5.98. The number of pyridine rings is 1. The Labute approximate surface area is 124 Å². The molecule has 0 radical (unpaired) electrons. The number of methoxy groups -OCH3 is 1. The fourth-order valence-electron chi connectivity index (χ4n) is 2.88. The molecule has 0 bridgehead atoms. The molecule has 114 valence electrons. The normalized spacial score (nSPS) is 16.4. The molecule has 2 aromatic rings. The van der Waals surface area contributed by atoms with Crippen molar-refractivity contribution in [3.05, 3.63) is 12.1 Å². The third kappa shape index (κ3) is 3.10. The predicted octanol–water partition coefficient (Wildman–Crippen LogP) is 2.37. The van der Waals surface area contributed by atoms with E-state index in [2.05, 4.69) is 9.97 Å². The number of nitrogen functional groups attached to an aromatic ring is 1. The topological polar surface area (TPSA) is 75.2 Å². The van der Waals surface area contributed by atoms with Crippen LogP contribution in [0.4, 0.5) is 5.95 Å². The Kier molecular flexibility index (Phi) is 4.24. The Bertz CT molecular complexity index is 605. The second-order valence-corrected chi connectivity index (χ2v) is 5.45. The number of rotatable bonds is 5. The summed E-state index contributed by atoms with van der Waals surface area (Å²) in [4.78, 5) is 8.74. The number of nitrogens with zero attached hydrogens (tertiary/aromatic N) is 3. The third-order valence-corrected chi connectivity index (χ3v) is 4.03. The van der Waals surface area contributed by atoms with Gasteiger partial charge in [0, 0.05) is 6.07 Å². The van der Waals surface area contributed by atoms with Crippen LogP contribution in [0, 0.1) is 0 Å². The zero-order valence-corrected chi connectivity index (χ0v) is 12.4. The fraction of sp³-hybridized carbons (Fsp3) is 0.600. The van der Waals surface area contributed by atoms with Gasteiger partial charge in [-0.15, -0.1) is 0 Å². The molecule has 6 nitrogen and oxygen atoms in total. The molecule has 0 aromatic carbocycles. The van der Waals surface area contributed by atoms with Crippen molar-refractivity contribution in [2.24, 2.45) is 0 Å². The SMILES string of the molecule is COc1ccc2nc(N)n(CCOC3CCCCC3)c2n1. The van der Waals surface area contributed by atoms with Crippen molar-refractivity contribution in [3.8, 4) is 5.88 Å². The lowest BCUT2D eigenvalue weighted by molar-refractivity contribution is 0.0246. The molecular weight excluding hydrogens is 268 g/mol. The van der Waals surface area contributed by atoms with Gasteiger partial charge in [0.05, 0.1) is 26.4 Å². The Morgan fingerprint density at radius 1 is 1.24 bits per heavy atom. The van der Waals surface area contributed by atoms with Crippen molar-refractivity contribution >= 4 is 17.1 Å². The number of imidazole rings is 1. The van der Waals surface area contributed by atoms with Gasteiger partial charge in [-0.05, 0) is 18.9 Å².